The lowest BCUT2D eigenvalue weighted by Crippen LogP contribution is -2.30. The van der Waals surface area contributed by atoms with Crippen LogP contribution in [0.25, 0.3) is 11.2 Å². The lowest BCUT2D eigenvalue weighted by atomic mass is 10.1. The first-order valence-electron chi connectivity index (χ1n) is 8.96. The number of piperidine rings is 1. The molecule has 4 rings (SSSR count). The maximum absolute atomic E-state index is 6.42. The van der Waals surface area contributed by atoms with Gasteiger partial charge >= 0.3 is 0 Å². The molecule has 1 fully saturated rings. The molecule has 1 atom stereocenters. The van der Waals surface area contributed by atoms with Crippen molar-refractivity contribution in [2.45, 2.75) is 39.2 Å². The Labute approximate surface area is 162 Å². The van der Waals surface area contributed by atoms with Gasteiger partial charge in [-0.1, -0.05) is 29.3 Å². The van der Waals surface area contributed by atoms with Crippen LogP contribution in [-0.4, -0.2) is 32.8 Å². The van der Waals surface area contributed by atoms with E-state index in [9.17, 15) is 0 Å². The first-order valence-corrected chi connectivity index (χ1v) is 9.72. The number of hydrogen-bond acceptors (Lipinski definition) is 4. The van der Waals surface area contributed by atoms with Gasteiger partial charge in [0, 0.05) is 23.1 Å². The van der Waals surface area contributed by atoms with Gasteiger partial charge in [-0.2, -0.15) is 5.10 Å². The molecule has 0 bridgehead atoms. The molecule has 5 nitrogen and oxygen atoms in total. The molecule has 136 valence electrons. The highest BCUT2D eigenvalue weighted by atomic mass is 35.5. The average Bonchev–Trinajstić information content (AvgIpc) is 2.98. The van der Waals surface area contributed by atoms with Crippen molar-refractivity contribution in [3.05, 3.63) is 45.7 Å². The third-order valence-electron chi connectivity index (χ3n) is 5.02. The van der Waals surface area contributed by atoms with E-state index in [-0.39, 0.29) is 6.04 Å². The maximum atomic E-state index is 6.42. The van der Waals surface area contributed by atoms with E-state index < -0.39 is 0 Å². The molecule has 0 spiro atoms. The topological polar surface area (TPSA) is 46.8 Å². The molecular weight excluding hydrogens is 369 g/mol. The molecule has 0 radical (unpaired) electrons. The van der Waals surface area contributed by atoms with Crippen molar-refractivity contribution in [3.8, 4) is 0 Å². The largest absolute Gasteiger partial charge is 0.355 e. The zero-order chi connectivity index (χ0) is 18.3. The Morgan fingerprint density at radius 2 is 1.88 bits per heavy atom. The summed E-state index contributed by atoms with van der Waals surface area (Å²) in [6, 6.07) is 5.49. The fourth-order valence-corrected chi connectivity index (χ4v) is 4.13. The molecule has 7 heteroatoms. The molecule has 1 aliphatic heterocycles. The molecule has 3 heterocycles. The normalized spacial score (nSPS) is 16.2. The van der Waals surface area contributed by atoms with Crippen LogP contribution in [0.2, 0.25) is 10.0 Å². The summed E-state index contributed by atoms with van der Waals surface area (Å²) in [6.45, 7) is 6.10. The van der Waals surface area contributed by atoms with Crippen molar-refractivity contribution in [2.24, 2.45) is 0 Å². The first kappa shape index (κ1) is 17.6. The van der Waals surface area contributed by atoms with Crippen molar-refractivity contribution in [3.63, 3.8) is 0 Å². The molecular formula is C19H21Cl2N5. The molecule has 0 unspecified atom stereocenters. The Balaban J connectivity index is 1.78. The second-order valence-corrected chi connectivity index (χ2v) is 7.66. The predicted molar refractivity (Wildman–Crippen MR) is 106 cm³/mol. The van der Waals surface area contributed by atoms with Gasteiger partial charge in [-0.05, 0) is 50.8 Å². The average molecular weight is 390 g/mol. The third kappa shape index (κ3) is 3.14. The SMILES string of the molecule is Cc1nn([C@H](C)c2ccc(Cl)cc2Cl)c2nc(N3CCCCC3)cnc12. The van der Waals surface area contributed by atoms with E-state index in [4.69, 9.17) is 33.3 Å². The van der Waals surface area contributed by atoms with Crippen molar-refractivity contribution in [1.29, 1.82) is 0 Å². The van der Waals surface area contributed by atoms with E-state index in [1.807, 2.05) is 29.9 Å². The quantitative estimate of drug-likeness (QED) is 0.629. The van der Waals surface area contributed by atoms with Gasteiger partial charge in [0.2, 0.25) is 0 Å². The second-order valence-electron chi connectivity index (χ2n) is 6.82. The maximum Gasteiger partial charge on any atom is 0.179 e. The van der Waals surface area contributed by atoms with E-state index in [2.05, 4.69) is 16.8 Å². The van der Waals surface area contributed by atoms with Crippen LogP contribution < -0.4 is 4.90 Å². The van der Waals surface area contributed by atoms with Crippen LogP contribution in [0.15, 0.2) is 24.4 Å². The van der Waals surface area contributed by atoms with Gasteiger partial charge < -0.3 is 4.90 Å². The minimum atomic E-state index is -0.0677. The monoisotopic (exact) mass is 389 g/mol. The summed E-state index contributed by atoms with van der Waals surface area (Å²) >= 11 is 12.5. The zero-order valence-electron chi connectivity index (χ0n) is 14.9. The van der Waals surface area contributed by atoms with E-state index in [1.165, 1.54) is 19.3 Å². The molecule has 0 amide bonds. The van der Waals surface area contributed by atoms with Gasteiger partial charge in [0.05, 0.1) is 17.9 Å². The standard InChI is InChI=1S/C19H21Cl2N5/c1-12-18-19(23-17(11-22-18)25-8-4-3-5-9-25)26(24-12)13(2)15-7-6-14(20)10-16(15)21/h6-7,10-11,13H,3-5,8-9H2,1-2H3/t13-/m1/s1. The van der Waals surface area contributed by atoms with Crippen molar-refractivity contribution >= 4 is 40.2 Å². The predicted octanol–water partition coefficient (Wildman–Crippen LogP) is 5.04. The van der Waals surface area contributed by atoms with Crippen molar-refractivity contribution in [1.82, 2.24) is 19.7 Å². The second kappa shape index (κ2) is 7.05. The molecule has 2 aromatic heterocycles. The summed E-state index contributed by atoms with van der Waals surface area (Å²) in [4.78, 5) is 11.9. The molecule has 0 N–H and O–H groups in total. The summed E-state index contributed by atoms with van der Waals surface area (Å²) in [5, 5.41) is 5.95. The molecule has 0 saturated carbocycles. The lowest BCUT2D eigenvalue weighted by molar-refractivity contribution is 0.565. The highest BCUT2D eigenvalue weighted by molar-refractivity contribution is 6.35. The van der Waals surface area contributed by atoms with Gasteiger partial charge in [-0.25, -0.2) is 14.6 Å². The number of benzene rings is 1. The highest BCUT2D eigenvalue weighted by Crippen LogP contribution is 2.31. The van der Waals surface area contributed by atoms with Gasteiger partial charge in [0.1, 0.15) is 11.3 Å². The van der Waals surface area contributed by atoms with Crippen LogP contribution in [0.4, 0.5) is 5.82 Å². The first-order chi connectivity index (χ1) is 12.5. The van der Waals surface area contributed by atoms with Gasteiger partial charge in [-0.3, -0.25) is 0 Å². The fourth-order valence-electron chi connectivity index (χ4n) is 3.56. The lowest BCUT2D eigenvalue weighted by Gasteiger charge is -2.27. The van der Waals surface area contributed by atoms with Crippen LogP contribution in [-0.2, 0) is 0 Å². The Kier molecular flexibility index (Phi) is 4.76. The Morgan fingerprint density at radius 1 is 1.12 bits per heavy atom. The van der Waals surface area contributed by atoms with Crippen LogP contribution in [0.1, 0.15) is 43.5 Å². The van der Waals surface area contributed by atoms with Gasteiger partial charge in [0.15, 0.2) is 5.65 Å². The third-order valence-corrected chi connectivity index (χ3v) is 5.58. The number of fused-ring (bicyclic) bond motifs is 1. The van der Waals surface area contributed by atoms with Crippen molar-refractivity contribution < 1.29 is 0 Å². The summed E-state index contributed by atoms with van der Waals surface area (Å²) in [5.41, 5.74) is 3.46. The Morgan fingerprint density at radius 3 is 2.62 bits per heavy atom. The number of rotatable bonds is 3. The summed E-state index contributed by atoms with van der Waals surface area (Å²) in [7, 11) is 0. The Bertz CT molecular complexity index is 946. The summed E-state index contributed by atoms with van der Waals surface area (Å²) in [6.07, 6.45) is 5.56. The van der Waals surface area contributed by atoms with Crippen LogP contribution in [0, 0.1) is 6.92 Å². The summed E-state index contributed by atoms with van der Waals surface area (Å²) in [5.74, 6) is 0.924. The number of aromatic nitrogens is 4. The molecule has 26 heavy (non-hydrogen) atoms. The number of anilines is 1. The minimum Gasteiger partial charge on any atom is -0.355 e. The fraction of sp³-hybridized carbons (Fsp3) is 0.421. The smallest absolute Gasteiger partial charge is 0.179 e. The van der Waals surface area contributed by atoms with Crippen LogP contribution in [0.3, 0.4) is 0 Å². The van der Waals surface area contributed by atoms with E-state index >= 15 is 0 Å². The molecule has 1 aliphatic rings. The number of nitrogens with zero attached hydrogens (tertiary/aromatic N) is 5. The highest BCUT2D eigenvalue weighted by Gasteiger charge is 2.21. The van der Waals surface area contributed by atoms with E-state index in [0.29, 0.717) is 10.0 Å². The molecule has 0 aliphatic carbocycles. The number of halogens is 2. The van der Waals surface area contributed by atoms with E-state index in [1.54, 1.807) is 6.07 Å². The summed E-state index contributed by atoms with van der Waals surface area (Å²) < 4.78 is 1.92. The van der Waals surface area contributed by atoms with Crippen LogP contribution in [0.5, 0.6) is 0 Å². The zero-order valence-corrected chi connectivity index (χ0v) is 16.4. The number of aryl methyl sites for hydroxylation is 1. The molecule has 1 saturated heterocycles. The minimum absolute atomic E-state index is 0.0677. The Hall–Kier alpha value is -1.85. The van der Waals surface area contributed by atoms with Gasteiger partial charge in [-0.15, -0.1) is 0 Å². The van der Waals surface area contributed by atoms with Gasteiger partial charge in [0.25, 0.3) is 0 Å². The molecule has 3 aromatic rings. The van der Waals surface area contributed by atoms with Crippen LogP contribution >= 0.6 is 23.2 Å². The van der Waals surface area contributed by atoms with E-state index in [0.717, 1.165) is 41.3 Å². The molecule has 1 aromatic carbocycles. The number of hydrogen-bond donors (Lipinski definition) is 0. The van der Waals surface area contributed by atoms with Crippen molar-refractivity contribution in [2.75, 3.05) is 18.0 Å².